The van der Waals surface area contributed by atoms with Gasteiger partial charge in [-0.05, 0) is 44.4 Å². The second-order valence-electron chi connectivity index (χ2n) is 4.31. The SMILES string of the molecule is NC(c1ccccc1F)c1csc2c(Br)cccc12. The van der Waals surface area contributed by atoms with E-state index in [-0.39, 0.29) is 5.82 Å². The summed E-state index contributed by atoms with van der Waals surface area (Å²) in [5.74, 6) is -0.260. The molecule has 0 bridgehead atoms. The average molecular weight is 336 g/mol. The minimum atomic E-state index is -0.441. The minimum Gasteiger partial charge on any atom is -0.320 e. The highest BCUT2D eigenvalue weighted by atomic mass is 79.9. The van der Waals surface area contributed by atoms with Crippen LogP contribution in [0.1, 0.15) is 17.2 Å². The highest BCUT2D eigenvalue weighted by Crippen LogP contribution is 2.36. The van der Waals surface area contributed by atoms with Crippen molar-refractivity contribution in [1.82, 2.24) is 0 Å². The van der Waals surface area contributed by atoms with Crippen molar-refractivity contribution in [2.75, 3.05) is 0 Å². The lowest BCUT2D eigenvalue weighted by atomic mass is 9.99. The molecule has 1 atom stereocenters. The summed E-state index contributed by atoms with van der Waals surface area (Å²) in [5.41, 5.74) is 7.72. The molecule has 0 aliphatic carbocycles. The smallest absolute Gasteiger partial charge is 0.128 e. The lowest BCUT2D eigenvalue weighted by Crippen LogP contribution is -2.12. The molecule has 0 spiro atoms. The van der Waals surface area contributed by atoms with Gasteiger partial charge in [0, 0.05) is 14.7 Å². The van der Waals surface area contributed by atoms with Gasteiger partial charge in [0.25, 0.3) is 0 Å². The molecule has 1 unspecified atom stereocenters. The third kappa shape index (κ3) is 2.20. The van der Waals surface area contributed by atoms with Crippen molar-refractivity contribution in [3.05, 3.63) is 69.3 Å². The third-order valence-corrected chi connectivity index (χ3v) is 5.13. The lowest BCUT2D eigenvalue weighted by Gasteiger charge is -2.12. The lowest BCUT2D eigenvalue weighted by molar-refractivity contribution is 0.600. The summed E-state index contributed by atoms with van der Waals surface area (Å²) in [7, 11) is 0. The monoisotopic (exact) mass is 335 g/mol. The van der Waals surface area contributed by atoms with Gasteiger partial charge in [-0.2, -0.15) is 0 Å². The van der Waals surface area contributed by atoms with Crippen LogP contribution in [0.5, 0.6) is 0 Å². The zero-order valence-corrected chi connectivity index (χ0v) is 12.3. The number of rotatable bonds is 2. The molecule has 0 amide bonds. The molecule has 3 rings (SSSR count). The Morgan fingerprint density at radius 2 is 1.84 bits per heavy atom. The molecule has 4 heteroatoms. The van der Waals surface area contributed by atoms with Crippen LogP contribution in [0.4, 0.5) is 4.39 Å². The van der Waals surface area contributed by atoms with Gasteiger partial charge in [0.15, 0.2) is 0 Å². The van der Waals surface area contributed by atoms with Crippen LogP contribution < -0.4 is 5.73 Å². The molecule has 1 nitrogen and oxygen atoms in total. The molecule has 1 aromatic heterocycles. The molecule has 3 aromatic rings. The molecule has 0 fully saturated rings. The van der Waals surface area contributed by atoms with E-state index >= 15 is 0 Å². The molecule has 0 saturated heterocycles. The molecule has 19 heavy (non-hydrogen) atoms. The summed E-state index contributed by atoms with van der Waals surface area (Å²) in [6.45, 7) is 0. The quantitative estimate of drug-likeness (QED) is 0.711. The first-order valence-corrected chi connectivity index (χ1v) is 7.51. The van der Waals surface area contributed by atoms with Gasteiger partial charge in [-0.15, -0.1) is 11.3 Å². The van der Waals surface area contributed by atoms with E-state index in [1.54, 1.807) is 23.5 Å². The number of thiophene rings is 1. The Kier molecular flexibility index (Phi) is 3.39. The third-order valence-electron chi connectivity index (χ3n) is 3.16. The van der Waals surface area contributed by atoms with Gasteiger partial charge in [-0.3, -0.25) is 0 Å². The molecule has 96 valence electrons. The van der Waals surface area contributed by atoms with Gasteiger partial charge in [0.05, 0.1) is 6.04 Å². The summed E-state index contributed by atoms with van der Waals surface area (Å²) >= 11 is 5.15. The molecule has 1 heterocycles. The van der Waals surface area contributed by atoms with E-state index in [0.717, 1.165) is 20.1 Å². The second-order valence-corrected chi connectivity index (χ2v) is 6.04. The van der Waals surface area contributed by atoms with Crippen molar-refractivity contribution in [2.24, 2.45) is 5.73 Å². The summed E-state index contributed by atoms with van der Waals surface area (Å²) in [4.78, 5) is 0. The van der Waals surface area contributed by atoms with E-state index in [2.05, 4.69) is 15.9 Å². The molecule has 0 saturated carbocycles. The normalized spacial score (nSPS) is 12.8. The van der Waals surface area contributed by atoms with Gasteiger partial charge < -0.3 is 5.73 Å². The molecule has 0 radical (unpaired) electrons. The van der Waals surface area contributed by atoms with Gasteiger partial charge in [-0.25, -0.2) is 4.39 Å². The zero-order chi connectivity index (χ0) is 13.4. The first kappa shape index (κ1) is 12.8. The van der Waals surface area contributed by atoms with Gasteiger partial charge >= 0.3 is 0 Å². The fourth-order valence-electron chi connectivity index (χ4n) is 2.18. The van der Waals surface area contributed by atoms with Gasteiger partial charge in [0.2, 0.25) is 0 Å². The van der Waals surface area contributed by atoms with Gasteiger partial charge in [-0.1, -0.05) is 30.3 Å². The molecule has 0 aliphatic heterocycles. The van der Waals surface area contributed by atoms with Crippen molar-refractivity contribution in [3.63, 3.8) is 0 Å². The maximum absolute atomic E-state index is 13.8. The summed E-state index contributed by atoms with van der Waals surface area (Å²) < 4.78 is 16.0. The van der Waals surface area contributed by atoms with Crippen molar-refractivity contribution in [1.29, 1.82) is 0 Å². The summed E-state index contributed by atoms with van der Waals surface area (Å²) in [6, 6.07) is 12.2. The highest BCUT2D eigenvalue weighted by molar-refractivity contribution is 9.10. The van der Waals surface area contributed by atoms with Gasteiger partial charge in [0.1, 0.15) is 5.82 Å². The van der Waals surface area contributed by atoms with Crippen LogP contribution in [0.3, 0.4) is 0 Å². The molecule has 0 aliphatic rings. The number of benzene rings is 2. The van der Waals surface area contributed by atoms with Crippen LogP contribution in [0.15, 0.2) is 52.3 Å². The Morgan fingerprint density at radius 1 is 1.05 bits per heavy atom. The predicted molar refractivity (Wildman–Crippen MR) is 82.0 cm³/mol. The number of halogens is 2. The van der Waals surface area contributed by atoms with Crippen LogP contribution >= 0.6 is 27.3 Å². The van der Waals surface area contributed by atoms with E-state index in [1.165, 1.54) is 6.07 Å². The molecular formula is C15H11BrFNS. The van der Waals surface area contributed by atoms with E-state index in [4.69, 9.17) is 5.73 Å². The maximum Gasteiger partial charge on any atom is 0.128 e. The number of hydrogen-bond donors (Lipinski definition) is 1. The van der Waals surface area contributed by atoms with Crippen LogP contribution in [0.2, 0.25) is 0 Å². The number of hydrogen-bond acceptors (Lipinski definition) is 2. The fourth-order valence-corrected chi connectivity index (χ4v) is 3.84. The first-order valence-electron chi connectivity index (χ1n) is 5.84. The average Bonchev–Trinajstić information content (AvgIpc) is 2.84. The van der Waals surface area contributed by atoms with E-state index in [0.29, 0.717) is 5.56 Å². The molecule has 2 N–H and O–H groups in total. The van der Waals surface area contributed by atoms with Crippen molar-refractivity contribution >= 4 is 37.4 Å². The Bertz CT molecular complexity index is 738. The van der Waals surface area contributed by atoms with Crippen molar-refractivity contribution in [3.8, 4) is 0 Å². The van der Waals surface area contributed by atoms with Crippen LogP contribution in [-0.4, -0.2) is 0 Å². The summed E-state index contributed by atoms with van der Waals surface area (Å²) in [5, 5.41) is 3.09. The second kappa shape index (κ2) is 5.04. The largest absolute Gasteiger partial charge is 0.320 e. The minimum absolute atomic E-state index is 0.260. The Balaban J connectivity index is 2.15. The number of nitrogens with two attached hydrogens (primary N) is 1. The van der Waals surface area contributed by atoms with Crippen molar-refractivity contribution in [2.45, 2.75) is 6.04 Å². The Labute approximate surface area is 123 Å². The van der Waals surface area contributed by atoms with E-state index in [9.17, 15) is 4.39 Å². The predicted octanol–water partition coefficient (Wildman–Crippen LogP) is 4.85. The molecule has 2 aromatic carbocycles. The van der Waals surface area contributed by atoms with Crippen molar-refractivity contribution < 1.29 is 4.39 Å². The zero-order valence-electron chi connectivity index (χ0n) is 9.94. The maximum atomic E-state index is 13.8. The standard InChI is InChI=1S/C15H11BrFNS/c16-12-6-3-5-9-11(8-19-15(9)12)14(18)10-4-1-2-7-13(10)17/h1-8,14H,18H2. The number of fused-ring (bicyclic) bond motifs is 1. The van der Waals surface area contributed by atoms with Crippen LogP contribution in [0.25, 0.3) is 10.1 Å². The van der Waals surface area contributed by atoms with E-state index in [1.807, 2.05) is 29.6 Å². The van der Waals surface area contributed by atoms with E-state index < -0.39 is 6.04 Å². The van der Waals surface area contributed by atoms with Crippen LogP contribution in [0, 0.1) is 5.82 Å². The Morgan fingerprint density at radius 3 is 2.63 bits per heavy atom. The first-order chi connectivity index (χ1) is 9.18. The molecular weight excluding hydrogens is 325 g/mol. The van der Waals surface area contributed by atoms with Crippen LogP contribution in [-0.2, 0) is 0 Å². The highest BCUT2D eigenvalue weighted by Gasteiger charge is 2.17. The topological polar surface area (TPSA) is 26.0 Å². The summed E-state index contributed by atoms with van der Waals surface area (Å²) in [6.07, 6.45) is 0. The Hall–Kier alpha value is -1.23. The fraction of sp³-hybridized carbons (Fsp3) is 0.0667.